The van der Waals surface area contributed by atoms with Gasteiger partial charge in [0.2, 0.25) is 0 Å². The Kier molecular flexibility index (Phi) is 4.28. The first-order valence-corrected chi connectivity index (χ1v) is 7.36. The SMILES string of the molecule is Cc1ccc(CCC(=O)Oc2ccc3c(c2)OCCO3)cc1. The standard InChI is InChI=1S/C18H18O4/c1-13-2-4-14(5-3-13)6-9-18(19)22-15-7-8-16-17(12-15)21-11-10-20-16/h2-5,7-8,12H,6,9-11H2,1H3. The molecule has 3 rings (SSSR count). The molecule has 0 atom stereocenters. The van der Waals surface area contributed by atoms with E-state index in [-0.39, 0.29) is 5.97 Å². The van der Waals surface area contributed by atoms with E-state index >= 15 is 0 Å². The smallest absolute Gasteiger partial charge is 0.311 e. The summed E-state index contributed by atoms with van der Waals surface area (Å²) in [6.07, 6.45) is 1.02. The summed E-state index contributed by atoms with van der Waals surface area (Å²) in [5.74, 6) is 1.54. The molecule has 0 fully saturated rings. The molecule has 2 aromatic rings. The fourth-order valence-corrected chi connectivity index (χ4v) is 2.27. The van der Waals surface area contributed by atoms with Crippen LogP contribution in [0.1, 0.15) is 17.5 Å². The third-order valence-electron chi connectivity index (χ3n) is 3.48. The number of rotatable bonds is 4. The highest BCUT2D eigenvalue weighted by Gasteiger charge is 2.13. The zero-order valence-electron chi connectivity index (χ0n) is 12.5. The predicted octanol–water partition coefficient (Wildman–Crippen LogP) is 3.30. The summed E-state index contributed by atoms with van der Waals surface area (Å²) in [5.41, 5.74) is 2.34. The Morgan fingerprint density at radius 1 is 1.05 bits per heavy atom. The fraction of sp³-hybridized carbons (Fsp3) is 0.278. The Morgan fingerprint density at radius 2 is 1.77 bits per heavy atom. The molecule has 1 aliphatic rings. The van der Waals surface area contributed by atoms with Gasteiger partial charge in [0.05, 0.1) is 0 Å². The van der Waals surface area contributed by atoms with Gasteiger partial charge in [-0.15, -0.1) is 0 Å². The largest absolute Gasteiger partial charge is 0.486 e. The normalized spacial score (nSPS) is 12.8. The molecule has 4 heteroatoms. The Hall–Kier alpha value is -2.49. The Labute approximate surface area is 129 Å². The molecule has 2 aromatic carbocycles. The van der Waals surface area contributed by atoms with Gasteiger partial charge in [0.25, 0.3) is 0 Å². The van der Waals surface area contributed by atoms with Crippen molar-refractivity contribution in [1.29, 1.82) is 0 Å². The highest BCUT2D eigenvalue weighted by atomic mass is 16.6. The third kappa shape index (κ3) is 3.58. The van der Waals surface area contributed by atoms with Crippen molar-refractivity contribution in [3.63, 3.8) is 0 Å². The van der Waals surface area contributed by atoms with Crippen molar-refractivity contribution in [3.05, 3.63) is 53.6 Å². The van der Waals surface area contributed by atoms with Crippen molar-refractivity contribution in [2.24, 2.45) is 0 Å². The van der Waals surface area contributed by atoms with E-state index in [1.807, 2.05) is 31.2 Å². The summed E-state index contributed by atoms with van der Waals surface area (Å²) < 4.78 is 16.3. The molecule has 22 heavy (non-hydrogen) atoms. The molecule has 0 amide bonds. The molecule has 0 spiro atoms. The zero-order chi connectivity index (χ0) is 15.4. The van der Waals surface area contributed by atoms with Crippen LogP contribution in [0.3, 0.4) is 0 Å². The molecule has 0 unspecified atom stereocenters. The van der Waals surface area contributed by atoms with Crippen molar-refractivity contribution in [3.8, 4) is 17.2 Å². The number of hydrogen-bond acceptors (Lipinski definition) is 4. The van der Waals surface area contributed by atoms with E-state index < -0.39 is 0 Å². The molecule has 4 nitrogen and oxygen atoms in total. The van der Waals surface area contributed by atoms with Gasteiger partial charge in [-0.1, -0.05) is 29.8 Å². The van der Waals surface area contributed by atoms with Gasteiger partial charge < -0.3 is 14.2 Å². The maximum Gasteiger partial charge on any atom is 0.311 e. The van der Waals surface area contributed by atoms with E-state index in [1.54, 1.807) is 18.2 Å². The number of carbonyl (C=O) groups excluding carboxylic acids is 1. The van der Waals surface area contributed by atoms with E-state index in [4.69, 9.17) is 14.2 Å². The first-order chi connectivity index (χ1) is 10.7. The monoisotopic (exact) mass is 298 g/mol. The van der Waals surface area contributed by atoms with Gasteiger partial charge in [0.15, 0.2) is 11.5 Å². The lowest BCUT2D eigenvalue weighted by molar-refractivity contribution is -0.134. The van der Waals surface area contributed by atoms with Crippen LogP contribution in [0.4, 0.5) is 0 Å². The minimum Gasteiger partial charge on any atom is -0.486 e. The van der Waals surface area contributed by atoms with Gasteiger partial charge in [-0.2, -0.15) is 0 Å². The summed E-state index contributed by atoms with van der Waals surface area (Å²) in [7, 11) is 0. The molecule has 114 valence electrons. The van der Waals surface area contributed by atoms with Gasteiger partial charge in [0.1, 0.15) is 19.0 Å². The number of carbonyl (C=O) groups is 1. The van der Waals surface area contributed by atoms with Crippen molar-refractivity contribution in [2.75, 3.05) is 13.2 Å². The number of benzene rings is 2. The molecule has 0 aromatic heterocycles. The Bertz CT molecular complexity index is 661. The van der Waals surface area contributed by atoms with Gasteiger partial charge >= 0.3 is 5.97 Å². The number of esters is 1. The maximum atomic E-state index is 11.9. The quantitative estimate of drug-likeness (QED) is 0.642. The van der Waals surface area contributed by atoms with E-state index in [9.17, 15) is 4.79 Å². The fourth-order valence-electron chi connectivity index (χ4n) is 2.27. The van der Waals surface area contributed by atoms with Crippen LogP contribution in [0, 0.1) is 6.92 Å². The Balaban J connectivity index is 1.56. The van der Waals surface area contributed by atoms with Crippen molar-refractivity contribution in [2.45, 2.75) is 19.8 Å². The second-order valence-electron chi connectivity index (χ2n) is 5.27. The minimum absolute atomic E-state index is 0.253. The molecular formula is C18H18O4. The first kappa shape index (κ1) is 14.4. The maximum absolute atomic E-state index is 11.9. The third-order valence-corrected chi connectivity index (χ3v) is 3.48. The van der Waals surface area contributed by atoms with Crippen LogP contribution in [-0.4, -0.2) is 19.2 Å². The summed E-state index contributed by atoms with van der Waals surface area (Å²) in [4.78, 5) is 11.9. The van der Waals surface area contributed by atoms with E-state index in [2.05, 4.69) is 0 Å². The number of ether oxygens (including phenoxy) is 3. The number of aryl methyl sites for hydroxylation is 2. The Morgan fingerprint density at radius 3 is 2.55 bits per heavy atom. The lowest BCUT2D eigenvalue weighted by Gasteiger charge is -2.18. The second-order valence-corrected chi connectivity index (χ2v) is 5.27. The van der Waals surface area contributed by atoms with Crippen LogP contribution in [0.2, 0.25) is 0 Å². The van der Waals surface area contributed by atoms with Crippen molar-refractivity contribution < 1.29 is 19.0 Å². The van der Waals surface area contributed by atoms with Gasteiger partial charge in [0, 0.05) is 12.5 Å². The van der Waals surface area contributed by atoms with E-state index in [1.165, 1.54) is 5.56 Å². The van der Waals surface area contributed by atoms with Crippen LogP contribution >= 0.6 is 0 Å². The number of fused-ring (bicyclic) bond motifs is 1. The summed E-state index contributed by atoms with van der Waals surface area (Å²) >= 11 is 0. The minimum atomic E-state index is -0.253. The molecule has 0 aliphatic carbocycles. The number of hydrogen-bond donors (Lipinski definition) is 0. The van der Waals surface area contributed by atoms with Crippen molar-refractivity contribution >= 4 is 5.97 Å². The van der Waals surface area contributed by atoms with Gasteiger partial charge in [-0.3, -0.25) is 4.79 Å². The molecule has 0 radical (unpaired) electrons. The van der Waals surface area contributed by atoms with Crippen LogP contribution in [0.5, 0.6) is 17.2 Å². The lowest BCUT2D eigenvalue weighted by atomic mass is 10.1. The highest BCUT2D eigenvalue weighted by molar-refractivity contribution is 5.73. The van der Waals surface area contributed by atoms with E-state index in [0.717, 1.165) is 5.56 Å². The highest BCUT2D eigenvalue weighted by Crippen LogP contribution is 2.33. The molecule has 0 N–H and O–H groups in total. The average molecular weight is 298 g/mol. The zero-order valence-corrected chi connectivity index (χ0v) is 12.5. The summed E-state index contributed by atoms with van der Waals surface area (Å²) in [6, 6.07) is 13.3. The van der Waals surface area contributed by atoms with Crippen LogP contribution in [0.15, 0.2) is 42.5 Å². The molecular weight excluding hydrogens is 280 g/mol. The van der Waals surface area contributed by atoms with Gasteiger partial charge in [-0.05, 0) is 31.0 Å². The average Bonchev–Trinajstić information content (AvgIpc) is 2.54. The van der Waals surface area contributed by atoms with Crippen LogP contribution in [-0.2, 0) is 11.2 Å². The van der Waals surface area contributed by atoms with Gasteiger partial charge in [-0.25, -0.2) is 0 Å². The summed E-state index contributed by atoms with van der Waals surface area (Å²) in [5, 5.41) is 0. The lowest BCUT2D eigenvalue weighted by Crippen LogP contribution is -2.15. The first-order valence-electron chi connectivity index (χ1n) is 7.36. The summed E-state index contributed by atoms with van der Waals surface area (Å²) in [6.45, 7) is 3.10. The topological polar surface area (TPSA) is 44.8 Å². The second kappa shape index (κ2) is 6.52. The molecule has 1 aliphatic heterocycles. The molecule has 0 saturated carbocycles. The van der Waals surface area contributed by atoms with Crippen LogP contribution < -0.4 is 14.2 Å². The molecule has 0 bridgehead atoms. The molecule has 1 heterocycles. The predicted molar refractivity (Wildman–Crippen MR) is 82.6 cm³/mol. The van der Waals surface area contributed by atoms with Crippen molar-refractivity contribution in [1.82, 2.24) is 0 Å². The van der Waals surface area contributed by atoms with E-state index in [0.29, 0.717) is 43.3 Å². The van der Waals surface area contributed by atoms with Crippen LogP contribution in [0.25, 0.3) is 0 Å². The molecule has 0 saturated heterocycles.